The fraction of sp³-hybridized carbons (Fsp3) is 0.379. The van der Waals surface area contributed by atoms with E-state index in [4.69, 9.17) is 9.47 Å². The minimum Gasteiger partial charge on any atom is -0.472 e. The number of halogens is 2. The first kappa shape index (κ1) is 26.5. The van der Waals surface area contributed by atoms with Crippen LogP contribution in [-0.2, 0) is 4.74 Å². The molecule has 1 aromatic heterocycles. The maximum Gasteiger partial charge on any atom is 0.233 e. The van der Waals surface area contributed by atoms with Gasteiger partial charge in [-0.05, 0) is 50.3 Å². The average Bonchev–Trinajstić information content (AvgIpc) is 2.87. The van der Waals surface area contributed by atoms with Crippen LogP contribution in [0.25, 0.3) is 28.2 Å². The normalized spacial score (nSPS) is 12.3. The van der Waals surface area contributed by atoms with E-state index in [1.54, 1.807) is 42.5 Å². The standard InChI is InChI=1S/C29H34F2N2O2/c1-4-6-10-18-34-21(3)11-8-7-9-12-22-13-15-24(29(31)28(22)30)23-14-16-25-26(19-23)32-20-27(33-25)35-17-5-2/h5,9,12-16,19-21H,2,4,6-8,10-11,17-18H2,1,3H3/b12-9+. The Morgan fingerprint density at radius 1 is 1.06 bits per heavy atom. The predicted molar refractivity (Wildman–Crippen MR) is 138 cm³/mol. The minimum atomic E-state index is -0.875. The van der Waals surface area contributed by atoms with Crippen LogP contribution in [0.3, 0.4) is 0 Å². The lowest BCUT2D eigenvalue weighted by Crippen LogP contribution is -2.08. The highest BCUT2D eigenvalue weighted by molar-refractivity contribution is 5.82. The second-order valence-electron chi connectivity index (χ2n) is 8.56. The van der Waals surface area contributed by atoms with Gasteiger partial charge in [-0.3, -0.25) is 0 Å². The Hall–Kier alpha value is -3.12. The van der Waals surface area contributed by atoms with Crippen LogP contribution >= 0.6 is 0 Å². The van der Waals surface area contributed by atoms with Crippen molar-refractivity contribution >= 4 is 17.1 Å². The van der Waals surface area contributed by atoms with Gasteiger partial charge in [-0.1, -0.05) is 62.8 Å². The van der Waals surface area contributed by atoms with Crippen LogP contribution in [0.2, 0.25) is 0 Å². The molecule has 0 radical (unpaired) electrons. The van der Waals surface area contributed by atoms with Gasteiger partial charge in [-0.2, -0.15) is 0 Å². The number of nitrogens with zero attached hydrogens (tertiary/aromatic N) is 2. The van der Waals surface area contributed by atoms with Crippen molar-refractivity contribution in [3.8, 4) is 17.0 Å². The Kier molecular flexibility index (Phi) is 10.4. The third-order valence-corrected chi connectivity index (χ3v) is 5.72. The summed E-state index contributed by atoms with van der Waals surface area (Å²) in [6.07, 6.45) is 13.0. The molecule has 1 heterocycles. The first-order valence-corrected chi connectivity index (χ1v) is 12.3. The van der Waals surface area contributed by atoms with Crippen LogP contribution < -0.4 is 4.74 Å². The van der Waals surface area contributed by atoms with Gasteiger partial charge in [0.15, 0.2) is 11.6 Å². The number of ether oxygens (including phenoxy) is 2. The maximum absolute atomic E-state index is 14.9. The van der Waals surface area contributed by atoms with E-state index in [-0.39, 0.29) is 17.2 Å². The first-order chi connectivity index (χ1) is 17.0. The molecule has 0 saturated heterocycles. The summed E-state index contributed by atoms with van der Waals surface area (Å²) < 4.78 is 40.9. The molecule has 0 N–H and O–H groups in total. The Labute approximate surface area is 206 Å². The Morgan fingerprint density at radius 3 is 2.71 bits per heavy atom. The lowest BCUT2D eigenvalue weighted by Gasteiger charge is -2.12. The van der Waals surface area contributed by atoms with Gasteiger partial charge in [0.2, 0.25) is 5.88 Å². The van der Waals surface area contributed by atoms with E-state index in [0.717, 1.165) is 32.3 Å². The topological polar surface area (TPSA) is 44.2 Å². The molecular weight excluding hydrogens is 446 g/mol. The number of aromatic nitrogens is 2. The molecule has 0 fully saturated rings. The number of rotatable bonds is 14. The maximum atomic E-state index is 14.9. The van der Waals surface area contributed by atoms with E-state index >= 15 is 0 Å². The molecule has 0 saturated carbocycles. The highest BCUT2D eigenvalue weighted by Crippen LogP contribution is 2.29. The van der Waals surface area contributed by atoms with Gasteiger partial charge in [-0.15, -0.1) is 0 Å². The van der Waals surface area contributed by atoms with E-state index in [2.05, 4.69) is 30.4 Å². The van der Waals surface area contributed by atoms with Crippen LogP contribution in [0.15, 0.2) is 55.3 Å². The molecule has 35 heavy (non-hydrogen) atoms. The summed E-state index contributed by atoms with van der Waals surface area (Å²) in [4.78, 5) is 8.69. The van der Waals surface area contributed by atoms with Crippen molar-refractivity contribution in [2.45, 2.75) is 58.5 Å². The summed E-state index contributed by atoms with van der Waals surface area (Å²) in [5.41, 5.74) is 2.13. The van der Waals surface area contributed by atoms with Crippen molar-refractivity contribution in [2.24, 2.45) is 0 Å². The number of hydrogen-bond acceptors (Lipinski definition) is 4. The van der Waals surface area contributed by atoms with Crippen LogP contribution in [0.1, 0.15) is 57.9 Å². The molecule has 0 bridgehead atoms. The highest BCUT2D eigenvalue weighted by Gasteiger charge is 2.14. The van der Waals surface area contributed by atoms with Gasteiger partial charge in [0.25, 0.3) is 0 Å². The summed E-state index contributed by atoms with van der Waals surface area (Å²) in [5.74, 6) is -1.35. The molecule has 2 aromatic carbocycles. The number of benzene rings is 2. The van der Waals surface area contributed by atoms with Gasteiger partial charge in [0.1, 0.15) is 6.61 Å². The third-order valence-electron chi connectivity index (χ3n) is 5.72. The van der Waals surface area contributed by atoms with E-state index in [1.165, 1.54) is 19.0 Å². The molecule has 4 nitrogen and oxygen atoms in total. The van der Waals surface area contributed by atoms with Crippen molar-refractivity contribution in [1.82, 2.24) is 9.97 Å². The molecule has 0 aliphatic heterocycles. The van der Waals surface area contributed by atoms with Crippen LogP contribution in [0, 0.1) is 11.6 Å². The van der Waals surface area contributed by atoms with Gasteiger partial charge < -0.3 is 9.47 Å². The molecule has 3 aromatic rings. The fourth-order valence-corrected chi connectivity index (χ4v) is 3.74. The Balaban J connectivity index is 1.61. The van der Waals surface area contributed by atoms with E-state index in [0.29, 0.717) is 29.1 Å². The van der Waals surface area contributed by atoms with Crippen molar-refractivity contribution in [2.75, 3.05) is 13.2 Å². The average molecular weight is 481 g/mol. The Bertz CT molecular complexity index is 1150. The van der Waals surface area contributed by atoms with Crippen molar-refractivity contribution < 1.29 is 18.3 Å². The molecule has 6 heteroatoms. The monoisotopic (exact) mass is 480 g/mol. The zero-order chi connectivity index (χ0) is 25.0. The lowest BCUT2D eigenvalue weighted by molar-refractivity contribution is 0.0566. The van der Waals surface area contributed by atoms with Crippen LogP contribution in [0.5, 0.6) is 5.88 Å². The highest BCUT2D eigenvalue weighted by atomic mass is 19.2. The molecule has 0 aliphatic carbocycles. The van der Waals surface area contributed by atoms with Gasteiger partial charge in [0, 0.05) is 17.7 Å². The van der Waals surface area contributed by atoms with Gasteiger partial charge in [-0.25, -0.2) is 18.7 Å². The zero-order valence-electron chi connectivity index (χ0n) is 20.6. The molecule has 186 valence electrons. The molecule has 1 atom stereocenters. The number of hydrogen-bond donors (Lipinski definition) is 0. The summed E-state index contributed by atoms with van der Waals surface area (Å²) in [7, 11) is 0. The van der Waals surface area contributed by atoms with Crippen molar-refractivity contribution in [3.05, 3.63) is 72.5 Å². The van der Waals surface area contributed by atoms with E-state index in [9.17, 15) is 8.78 Å². The smallest absolute Gasteiger partial charge is 0.233 e. The lowest BCUT2D eigenvalue weighted by atomic mass is 10.0. The Morgan fingerprint density at radius 2 is 1.91 bits per heavy atom. The van der Waals surface area contributed by atoms with Gasteiger partial charge in [0.05, 0.1) is 23.3 Å². The second-order valence-corrected chi connectivity index (χ2v) is 8.56. The summed E-state index contributed by atoms with van der Waals surface area (Å²) >= 11 is 0. The number of allylic oxidation sites excluding steroid dienone is 1. The SMILES string of the molecule is C=CCOc1cnc2cc(-c3ccc(/C=C/CCCC(C)OCCCCC)c(F)c3F)ccc2n1. The summed E-state index contributed by atoms with van der Waals surface area (Å²) in [6, 6.07) is 8.32. The summed E-state index contributed by atoms with van der Waals surface area (Å²) in [6.45, 7) is 8.99. The molecule has 0 amide bonds. The second kappa shape index (κ2) is 13.7. The molecule has 0 aliphatic rings. The third kappa shape index (κ3) is 7.69. The molecule has 0 spiro atoms. The fourth-order valence-electron chi connectivity index (χ4n) is 3.74. The molecular formula is C29H34F2N2O2. The van der Waals surface area contributed by atoms with Crippen LogP contribution in [0.4, 0.5) is 8.78 Å². The largest absolute Gasteiger partial charge is 0.472 e. The predicted octanol–water partition coefficient (Wildman–Crippen LogP) is 7.92. The zero-order valence-corrected chi connectivity index (χ0v) is 20.6. The van der Waals surface area contributed by atoms with Crippen molar-refractivity contribution in [3.63, 3.8) is 0 Å². The number of fused-ring (bicyclic) bond motifs is 1. The van der Waals surface area contributed by atoms with E-state index in [1.807, 2.05) is 6.08 Å². The quantitative estimate of drug-likeness (QED) is 0.174. The first-order valence-electron chi connectivity index (χ1n) is 12.3. The minimum absolute atomic E-state index is 0.185. The van der Waals surface area contributed by atoms with E-state index < -0.39 is 11.6 Å². The van der Waals surface area contributed by atoms with Crippen LogP contribution in [-0.4, -0.2) is 29.3 Å². The van der Waals surface area contributed by atoms with Gasteiger partial charge >= 0.3 is 0 Å². The molecule has 1 unspecified atom stereocenters. The van der Waals surface area contributed by atoms with Crippen molar-refractivity contribution in [1.29, 1.82) is 0 Å². The number of unbranched alkanes of at least 4 members (excludes halogenated alkanes) is 3. The molecule has 3 rings (SSSR count). The summed E-state index contributed by atoms with van der Waals surface area (Å²) in [5, 5.41) is 0.